The molecule has 0 radical (unpaired) electrons. The number of hydrogen-bond donors (Lipinski definition) is 1. The summed E-state index contributed by atoms with van der Waals surface area (Å²) in [4.78, 5) is 0. The summed E-state index contributed by atoms with van der Waals surface area (Å²) in [6, 6.07) is 0. The highest BCUT2D eigenvalue weighted by molar-refractivity contribution is 9.10. The maximum atomic E-state index is 10.2. The van der Waals surface area contributed by atoms with Gasteiger partial charge in [-0.3, -0.25) is 0 Å². The second kappa shape index (κ2) is 2.05. The first kappa shape index (κ1) is 9.29. The van der Waals surface area contributed by atoms with E-state index in [1.807, 2.05) is 6.92 Å². The minimum atomic E-state index is -0.316. The van der Waals surface area contributed by atoms with E-state index in [1.54, 1.807) is 0 Å². The van der Waals surface area contributed by atoms with E-state index in [1.165, 1.54) is 0 Å². The Labute approximate surface area is 108 Å². The number of aliphatic hydroxyl groups is 1. The summed E-state index contributed by atoms with van der Waals surface area (Å²) < 4.78 is 12.2. The van der Waals surface area contributed by atoms with Crippen molar-refractivity contribution in [2.24, 2.45) is 40.9 Å². The van der Waals surface area contributed by atoms with Crippen molar-refractivity contribution in [3.05, 3.63) is 0 Å². The van der Waals surface area contributed by atoms with E-state index in [0.717, 1.165) is 31.0 Å². The van der Waals surface area contributed by atoms with Crippen LogP contribution in [0.5, 0.6) is 0 Å². The van der Waals surface area contributed by atoms with E-state index in [9.17, 15) is 5.11 Å². The first-order valence-electron chi connectivity index (χ1n) is 6.78. The van der Waals surface area contributed by atoms with Crippen LogP contribution in [0.4, 0.5) is 0 Å². The first-order valence-corrected chi connectivity index (χ1v) is 7.57. The van der Waals surface area contributed by atoms with E-state index < -0.39 is 0 Å². The summed E-state index contributed by atoms with van der Waals surface area (Å²) in [5.74, 6) is 3.79. The molecule has 0 unspecified atom stereocenters. The molecule has 7 fully saturated rings. The summed E-state index contributed by atoms with van der Waals surface area (Å²) in [5, 5.41) is 10.2. The van der Waals surface area contributed by atoms with Gasteiger partial charge < -0.3 is 14.6 Å². The lowest BCUT2D eigenvalue weighted by molar-refractivity contribution is -0.193. The largest absolute Gasteiger partial charge is 0.393 e. The van der Waals surface area contributed by atoms with Crippen LogP contribution < -0.4 is 0 Å². The molecule has 9 atom stereocenters. The predicted molar refractivity (Wildman–Crippen MR) is 61.3 cm³/mol. The third-order valence-corrected chi connectivity index (χ3v) is 8.75. The zero-order valence-corrected chi connectivity index (χ0v) is 11.2. The van der Waals surface area contributed by atoms with Crippen molar-refractivity contribution in [2.75, 3.05) is 13.2 Å². The zero-order valence-electron chi connectivity index (χ0n) is 9.60. The molecule has 17 heavy (non-hydrogen) atoms. The van der Waals surface area contributed by atoms with Crippen LogP contribution in [-0.4, -0.2) is 34.5 Å². The van der Waals surface area contributed by atoms with Gasteiger partial charge in [-0.2, -0.15) is 0 Å². The van der Waals surface area contributed by atoms with E-state index in [2.05, 4.69) is 15.9 Å². The van der Waals surface area contributed by atoms with Crippen molar-refractivity contribution in [3.63, 3.8) is 0 Å². The molecule has 1 spiro atoms. The lowest BCUT2D eigenvalue weighted by Gasteiger charge is -2.38. The summed E-state index contributed by atoms with van der Waals surface area (Å²) in [5.41, 5.74) is 0.240. The van der Waals surface area contributed by atoms with Crippen molar-refractivity contribution >= 4 is 15.9 Å². The smallest absolute Gasteiger partial charge is 0.187 e. The van der Waals surface area contributed by atoms with Gasteiger partial charge in [0.15, 0.2) is 5.79 Å². The summed E-state index contributed by atoms with van der Waals surface area (Å²) in [6.45, 7) is 3.49. The fourth-order valence-corrected chi connectivity index (χ4v) is 9.06. The molecule has 0 aromatic carbocycles. The SMILES string of the molecule is C[C@H](O)[C@@]12[C@@H]3[C@H]4[C@@H]5[C@H]1[C@H]2[C@@](Br)([C@@H]43)C51OCCO1. The molecule has 1 heterocycles. The Bertz CT molecular complexity index is 473. The molecule has 6 aliphatic carbocycles. The quantitative estimate of drug-likeness (QED) is 0.734. The molecule has 0 aromatic heterocycles. The minimum Gasteiger partial charge on any atom is -0.393 e. The van der Waals surface area contributed by atoms with Gasteiger partial charge in [0.1, 0.15) is 0 Å². The molecule has 4 heteroatoms. The number of halogens is 1. The van der Waals surface area contributed by atoms with E-state index in [-0.39, 0.29) is 21.6 Å². The van der Waals surface area contributed by atoms with Crippen LogP contribution in [0, 0.1) is 40.9 Å². The normalized spacial score (nSPS) is 75.7. The maximum Gasteiger partial charge on any atom is 0.187 e. The molecule has 6 saturated carbocycles. The Kier molecular flexibility index (Phi) is 1.12. The average molecular weight is 299 g/mol. The molecule has 1 N–H and O–H groups in total. The van der Waals surface area contributed by atoms with E-state index in [0.29, 0.717) is 17.8 Å². The fourth-order valence-electron chi connectivity index (χ4n) is 7.30. The number of ether oxygens (including phenoxy) is 2. The molecule has 2 bridgehead atoms. The average Bonchev–Trinajstić information content (AvgIpc) is 2.97. The van der Waals surface area contributed by atoms with Crippen molar-refractivity contribution in [2.45, 2.75) is 23.1 Å². The molecule has 92 valence electrons. The summed E-state index contributed by atoms with van der Waals surface area (Å²) >= 11 is 4.05. The Morgan fingerprint density at radius 3 is 2.29 bits per heavy atom. The summed E-state index contributed by atoms with van der Waals surface area (Å²) in [6.07, 6.45) is -0.154. The van der Waals surface area contributed by atoms with Gasteiger partial charge in [-0.15, -0.1) is 0 Å². The standard InChI is InChI=1S/C13H15BrO3/c1-4(15)11-6-5-7(6)12(14)10(11)9(11)8(5)13(12)16-2-3-17-13/h4-10,15H,2-3H2,1H3/t4-,5+,6+,7-,8+,9-,10+,11+,12-/m0/s1. The van der Waals surface area contributed by atoms with Gasteiger partial charge in [0.25, 0.3) is 0 Å². The monoisotopic (exact) mass is 298 g/mol. The minimum absolute atomic E-state index is 0.0398. The van der Waals surface area contributed by atoms with Gasteiger partial charge in [-0.05, 0) is 36.5 Å². The van der Waals surface area contributed by atoms with Crippen molar-refractivity contribution in [1.82, 2.24) is 0 Å². The molecule has 0 amide bonds. The first-order chi connectivity index (χ1) is 8.13. The molecule has 3 nitrogen and oxygen atoms in total. The molecule has 7 aliphatic rings. The highest BCUT2D eigenvalue weighted by Crippen LogP contribution is 3.05. The Morgan fingerprint density at radius 2 is 1.88 bits per heavy atom. The molecule has 7 rings (SSSR count). The Morgan fingerprint density at radius 1 is 1.18 bits per heavy atom. The highest BCUT2D eigenvalue weighted by atomic mass is 79.9. The number of rotatable bonds is 1. The lowest BCUT2D eigenvalue weighted by Crippen LogP contribution is -2.50. The lowest BCUT2D eigenvalue weighted by atomic mass is 9.90. The Balaban J connectivity index is 1.60. The predicted octanol–water partition coefficient (Wildman–Crippen LogP) is 0.996. The van der Waals surface area contributed by atoms with E-state index in [4.69, 9.17) is 9.47 Å². The van der Waals surface area contributed by atoms with Crippen LogP contribution >= 0.6 is 15.9 Å². The van der Waals surface area contributed by atoms with E-state index >= 15 is 0 Å². The van der Waals surface area contributed by atoms with Gasteiger partial charge in [-0.25, -0.2) is 0 Å². The van der Waals surface area contributed by atoms with Gasteiger partial charge in [0.2, 0.25) is 0 Å². The molecule has 0 aromatic rings. The van der Waals surface area contributed by atoms with Crippen molar-refractivity contribution in [3.8, 4) is 0 Å². The van der Waals surface area contributed by atoms with Gasteiger partial charge in [0, 0.05) is 11.3 Å². The maximum absolute atomic E-state index is 10.2. The molecule has 1 aliphatic heterocycles. The summed E-state index contributed by atoms with van der Waals surface area (Å²) in [7, 11) is 0. The van der Waals surface area contributed by atoms with Gasteiger partial charge >= 0.3 is 0 Å². The number of alkyl halides is 1. The van der Waals surface area contributed by atoms with Crippen molar-refractivity contribution < 1.29 is 14.6 Å². The van der Waals surface area contributed by atoms with Crippen LogP contribution in [0.3, 0.4) is 0 Å². The molecule has 1 saturated heterocycles. The third kappa shape index (κ3) is 0.522. The van der Waals surface area contributed by atoms with Crippen LogP contribution in [0.2, 0.25) is 0 Å². The highest BCUT2D eigenvalue weighted by Gasteiger charge is 3.09. The molecular weight excluding hydrogens is 284 g/mol. The van der Waals surface area contributed by atoms with Crippen LogP contribution in [0.1, 0.15) is 6.92 Å². The Hall–Kier alpha value is 0.360. The third-order valence-electron chi connectivity index (χ3n) is 7.17. The fraction of sp³-hybridized carbons (Fsp3) is 1.00. The second-order valence-electron chi connectivity index (χ2n) is 6.97. The second-order valence-corrected chi connectivity index (χ2v) is 8.28. The number of aliphatic hydroxyl groups excluding tert-OH is 1. The van der Waals surface area contributed by atoms with Crippen molar-refractivity contribution in [1.29, 1.82) is 0 Å². The van der Waals surface area contributed by atoms with Gasteiger partial charge in [-0.1, -0.05) is 15.9 Å². The van der Waals surface area contributed by atoms with Crippen LogP contribution in [0.25, 0.3) is 0 Å². The van der Waals surface area contributed by atoms with Gasteiger partial charge in [0.05, 0.1) is 23.6 Å². The molecular formula is C13H15BrO3. The topological polar surface area (TPSA) is 38.7 Å². The van der Waals surface area contributed by atoms with Crippen LogP contribution in [0.15, 0.2) is 0 Å². The van der Waals surface area contributed by atoms with Crippen LogP contribution in [-0.2, 0) is 9.47 Å². The zero-order chi connectivity index (χ0) is 11.4. The number of hydrogen-bond acceptors (Lipinski definition) is 3.